The van der Waals surface area contributed by atoms with Crippen molar-refractivity contribution < 1.29 is 76.0 Å². The van der Waals surface area contributed by atoms with Gasteiger partial charge in [0.05, 0.1) is 53.6 Å². The monoisotopic (exact) mass is 626 g/mol. The van der Waals surface area contributed by atoms with Gasteiger partial charge in [-0.25, -0.2) is 0 Å². The Morgan fingerprint density at radius 3 is 1.71 bits per heavy atom. The van der Waals surface area contributed by atoms with Crippen molar-refractivity contribution in [2.75, 3.05) is 68.6 Å². The molecule has 8 heteroatoms. The van der Waals surface area contributed by atoms with Crippen molar-refractivity contribution in [1.29, 1.82) is 0 Å². The summed E-state index contributed by atoms with van der Waals surface area (Å²) in [6.07, 6.45) is 1.31. The molecule has 1 saturated carbocycles. The Morgan fingerprint density at radius 2 is 1.29 bits per heavy atom. The van der Waals surface area contributed by atoms with Crippen LogP contribution in [-0.4, -0.2) is 89.5 Å². The molecule has 0 aromatic heterocycles. The molecule has 0 heterocycles. The van der Waals surface area contributed by atoms with Gasteiger partial charge in [-0.1, -0.05) is 13.8 Å². The number of rotatable bonds is 8. The summed E-state index contributed by atoms with van der Waals surface area (Å²) in [5.74, 6) is -0.658. The number of esters is 2. The number of quaternary nitrogens is 2. The van der Waals surface area contributed by atoms with Crippen LogP contribution >= 0.6 is 0 Å². The van der Waals surface area contributed by atoms with Crippen LogP contribution in [0.2, 0.25) is 0 Å². The Labute approximate surface area is 205 Å². The van der Waals surface area contributed by atoms with Gasteiger partial charge in [-0.2, -0.15) is 0 Å². The Kier molecular flexibility index (Phi) is 12.1. The fourth-order valence-electron chi connectivity index (χ4n) is 3.37. The minimum atomic E-state index is -0.665. The number of halogens is 2. The minimum Gasteiger partial charge on any atom is -1.00 e. The quantitative estimate of drug-likeness (QED) is 0.157. The van der Waals surface area contributed by atoms with Crippen LogP contribution in [0.5, 0.6) is 0 Å². The summed E-state index contributed by atoms with van der Waals surface area (Å²) in [5, 5.41) is 0. The van der Waals surface area contributed by atoms with Crippen LogP contribution in [0.25, 0.3) is 0 Å². The summed E-state index contributed by atoms with van der Waals surface area (Å²) in [4.78, 5) is 25.4. The van der Waals surface area contributed by atoms with Crippen LogP contribution in [0, 0.1) is 16.7 Å². The lowest BCUT2D eigenvalue weighted by Gasteiger charge is -2.38. The maximum atomic E-state index is 12.8. The molecule has 168 valence electrons. The molecule has 6 nitrogen and oxygen atoms in total. The predicted molar refractivity (Wildman–Crippen MR) is 102 cm³/mol. The van der Waals surface area contributed by atoms with Gasteiger partial charge in [-0.05, 0) is 25.2 Å². The van der Waals surface area contributed by atoms with Crippen LogP contribution in [0.15, 0.2) is 0 Å². The van der Waals surface area contributed by atoms with E-state index in [1.54, 1.807) is 0 Å². The zero-order valence-corrected chi connectivity index (χ0v) is 23.4. The highest BCUT2D eigenvalue weighted by molar-refractivity contribution is 5.82. The Balaban J connectivity index is 0. The summed E-state index contributed by atoms with van der Waals surface area (Å²) in [5.41, 5.74) is -1.16. The van der Waals surface area contributed by atoms with E-state index in [2.05, 4.69) is 42.3 Å². The highest BCUT2D eigenvalue weighted by Gasteiger charge is 2.59. The van der Waals surface area contributed by atoms with Crippen molar-refractivity contribution in [3.8, 4) is 0 Å². The molecule has 1 fully saturated rings. The summed E-state index contributed by atoms with van der Waals surface area (Å²) in [6, 6.07) is 0. The zero-order chi connectivity index (χ0) is 20.4. The lowest BCUT2D eigenvalue weighted by Crippen LogP contribution is -3.00. The highest BCUT2D eigenvalue weighted by Crippen LogP contribution is 2.56. The number of likely N-dealkylation sites (N-methyl/N-ethyl adjacent to an activating group) is 2. The molecule has 1 aliphatic carbocycles. The van der Waals surface area contributed by atoms with Crippen molar-refractivity contribution in [3.05, 3.63) is 0 Å². The van der Waals surface area contributed by atoms with Crippen molar-refractivity contribution in [2.45, 2.75) is 33.6 Å². The highest BCUT2D eigenvalue weighted by atomic mass is 127. The molecule has 0 N–H and O–H groups in total. The molecule has 0 radical (unpaired) electrons. The molecule has 1 rings (SSSR count). The van der Waals surface area contributed by atoms with E-state index in [0.29, 0.717) is 26.1 Å². The Bertz CT molecular complexity index is 527. The molecule has 0 saturated heterocycles. The summed E-state index contributed by atoms with van der Waals surface area (Å²) in [6.45, 7) is 8.24. The zero-order valence-electron chi connectivity index (χ0n) is 19.1. The van der Waals surface area contributed by atoms with Gasteiger partial charge in [0, 0.05) is 0 Å². The number of hydrogen-bond donors (Lipinski definition) is 0. The molecule has 2 unspecified atom stereocenters. The van der Waals surface area contributed by atoms with Gasteiger partial charge in [-0.3, -0.25) is 9.59 Å². The van der Waals surface area contributed by atoms with Crippen molar-refractivity contribution in [3.63, 3.8) is 0 Å². The third kappa shape index (κ3) is 8.22. The third-order valence-corrected chi connectivity index (χ3v) is 5.96. The molecule has 2 atom stereocenters. The number of carbonyl (C=O) groups excluding carboxylic acids is 2. The average Bonchev–Trinajstić information content (AvgIpc) is 2.67. The van der Waals surface area contributed by atoms with Crippen molar-refractivity contribution in [1.82, 2.24) is 0 Å². The first kappa shape index (κ1) is 30.5. The second-order valence-electron chi connectivity index (χ2n) is 10.5. The molecule has 0 aromatic carbocycles. The van der Waals surface area contributed by atoms with Gasteiger partial charge in [0.25, 0.3) is 0 Å². The van der Waals surface area contributed by atoms with Crippen LogP contribution in [0.1, 0.15) is 33.6 Å². The van der Waals surface area contributed by atoms with Gasteiger partial charge < -0.3 is 66.4 Å². The maximum Gasteiger partial charge on any atom is 0.312 e. The number of ether oxygens (including phenoxy) is 2. The summed E-state index contributed by atoms with van der Waals surface area (Å²) < 4.78 is 12.6. The van der Waals surface area contributed by atoms with Gasteiger partial charge in [0.15, 0.2) is 0 Å². The average molecular weight is 626 g/mol. The molecular formula is C20H40I2N2O4. The molecule has 0 aliphatic heterocycles. The van der Waals surface area contributed by atoms with Gasteiger partial charge >= 0.3 is 11.9 Å². The third-order valence-electron chi connectivity index (χ3n) is 5.96. The van der Waals surface area contributed by atoms with E-state index in [1.165, 1.54) is 0 Å². The van der Waals surface area contributed by atoms with E-state index < -0.39 is 10.8 Å². The molecular weight excluding hydrogens is 586 g/mol. The van der Waals surface area contributed by atoms with E-state index >= 15 is 0 Å². The smallest absolute Gasteiger partial charge is 0.312 e. The second-order valence-corrected chi connectivity index (χ2v) is 10.5. The van der Waals surface area contributed by atoms with E-state index in [-0.39, 0.29) is 65.8 Å². The van der Waals surface area contributed by atoms with E-state index in [4.69, 9.17) is 9.47 Å². The molecule has 0 aromatic rings. The minimum absolute atomic E-state index is 0. The SMILES string of the molecule is CC1(C(=O)OCC[N+](C)(C)C)CCC(C(=O)OCC[N+](C)(C)C)C1(C)C.[I-].[I-]. The van der Waals surface area contributed by atoms with Crippen molar-refractivity contribution in [2.24, 2.45) is 16.7 Å². The van der Waals surface area contributed by atoms with Crippen LogP contribution in [-0.2, 0) is 19.1 Å². The number of nitrogens with zero attached hydrogens (tertiary/aromatic N) is 2. The van der Waals surface area contributed by atoms with Crippen LogP contribution in [0.4, 0.5) is 0 Å². The number of hydrogen-bond acceptors (Lipinski definition) is 4. The first-order valence-corrected chi connectivity index (χ1v) is 9.55. The van der Waals surface area contributed by atoms with Gasteiger partial charge in [0.2, 0.25) is 0 Å². The largest absolute Gasteiger partial charge is 1.00 e. The topological polar surface area (TPSA) is 52.6 Å². The van der Waals surface area contributed by atoms with Crippen LogP contribution in [0.3, 0.4) is 0 Å². The predicted octanol–water partition coefficient (Wildman–Crippen LogP) is -4.06. The van der Waals surface area contributed by atoms with E-state index in [0.717, 1.165) is 22.1 Å². The van der Waals surface area contributed by atoms with Gasteiger partial charge in [0.1, 0.15) is 26.3 Å². The van der Waals surface area contributed by atoms with E-state index in [9.17, 15) is 9.59 Å². The standard InChI is InChI=1S/C20H40N2O4.2HI/c1-19(2)16(17(23)25-14-12-21(4,5)6)10-11-20(19,3)18(24)26-15-13-22(7,8)9;;/h16H,10-15H2,1-9H3;2*1H/q+2;;/p-2. The lowest BCUT2D eigenvalue weighted by molar-refractivity contribution is -0.870. The Morgan fingerprint density at radius 1 is 0.857 bits per heavy atom. The number of carbonyl (C=O) groups is 2. The normalized spacial score (nSPS) is 24.0. The first-order valence-electron chi connectivity index (χ1n) is 9.55. The molecule has 28 heavy (non-hydrogen) atoms. The molecule has 0 spiro atoms. The second kappa shape index (κ2) is 11.1. The van der Waals surface area contributed by atoms with E-state index in [1.807, 2.05) is 20.8 Å². The molecule has 0 amide bonds. The lowest BCUT2D eigenvalue weighted by atomic mass is 9.65. The first-order chi connectivity index (χ1) is 11.6. The fourth-order valence-corrected chi connectivity index (χ4v) is 3.37. The molecule has 0 bridgehead atoms. The molecule has 1 aliphatic rings. The summed E-state index contributed by atoms with van der Waals surface area (Å²) in [7, 11) is 12.4. The summed E-state index contributed by atoms with van der Waals surface area (Å²) >= 11 is 0. The Hall–Kier alpha value is 0.320. The fraction of sp³-hybridized carbons (Fsp3) is 0.900. The van der Waals surface area contributed by atoms with Crippen LogP contribution < -0.4 is 48.0 Å². The maximum absolute atomic E-state index is 12.8. The van der Waals surface area contributed by atoms with Crippen molar-refractivity contribution >= 4 is 11.9 Å². The van der Waals surface area contributed by atoms with Gasteiger partial charge in [-0.15, -0.1) is 0 Å².